The number of methoxy groups -OCH3 is 1. The topological polar surface area (TPSA) is 41.9 Å². The highest BCUT2D eigenvalue weighted by molar-refractivity contribution is 5.62. The summed E-state index contributed by atoms with van der Waals surface area (Å²) in [5.41, 5.74) is -0.997. The van der Waals surface area contributed by atoms with Crippen molar-refractivity contribution in [2.45, 2.75) is 36.5 Å². The van der Waals surface area contributed by atoms with Gasteiger partial charge in [-0.05, 0) is 38.0 Å². The van der Waals surface area contributed by atoms with Crippen LogP contribution in [0.15, 0.2) is 24.2 Å². The predicted octanol–water partition coefficient (Wildman–Crippen LogP) is 1.50. The largest absolute Gasteiger partial charge is 0.493 e. The average Bonchev–Trinajstić information content (AvgIpc) is 2.92. The van der Waals surface area contributed by atoms with Crippen molar-refractivity contribution in [2.24, 2.45) is 5.89 Å². The lowest BCUT2D eigenvalue weighted by Gasteiger charge is -2.56. The molecular weight excluding hydrogens is 278 g/mol. The number of aliphatic hydroxyl groups is 1. The van der Waals surface area contributed by atoms with Crippen LogP contribution in [0.5, 0.6) is 11.5 Å². The van der Waals surface area contributed by atoms with E-state index in [-0.39, 0.29) is 35.8 Å². The van der Waals surface area contributed by atoms with Crippen LogP contribution < -0.4 is 9.47 Å². The van der Waals surface area contributed by atoms with Crippen molar-refractivity contribution >= 4 is 0 Å². The maximum absolute atomic E-state index is 10.8. The van der Waals surface area contributed by atoms with Gasteiger partial charge in [-0.15, -0.1) is 0 Å². The summed E-state index contributed by atoms with van der Waals surface area (Å²) in [4.78, 5) is 1.70. The third kappa shape index (κ3) is 1.28. The van der Waals surface area contributed by atoms with Gasteiger partial charge in [0.15, 0.2) is 11.5 Å². The first-order valence-electron chi connectivity index (χ1n) is 11.4. The zero-order valence-corrected chi connectivity index (χ0v) is 12.1. The van der Waals surface area contributed by atoms with Crippen molar-refractivity contribution in [3.63, 3.8) is 0 Å². The third-order valence-corrected chi connectivity index (χ3v) is 5.34. The first-order valence-corrected chi connectivity index (χ1v) is 7.37. The van der Waals surface area contributed by atoms with Gasteiger partial charge in [0.2, 0.25) is 0 Å². The van der Waals surface area contributed by atoms with Crippen molar-refractivity contribution in [3.05, 3.63) is 35.4 Å². The van der Waals surface area contributed by atoms with Crippen LogP contribution in [-0.4, -0.2) is 48.8 Å². The highest BCUT2D eigenvalue weighted by atomic mass is 16.5. The van der Waals surface area contributed by atoms with E-state index in [1.807, 2.05) is 0 Å². The highest BCUT2D eigenvalue weighted by Gasteiger charge is 2.64. The Balaban J connectivity index is 1.93. The molecule has 0 amide bonds. The minimum Gasteiger partial charge on any atom is -0.493 e. The number of nitrogens with zero attached hydrogens (tertiary/aromatic N) is 1. The van der Waals surface area contributed by atoms with Gasteiger partial charge in [0, 0.05) is 25.6 Å². The van der Waals surface area contributed by atoms with Gasteiger partial charge in [-0.25, -0.2) is 0 Å². The molecule has 1 spiro atoms. The van der Waals surface area contributed by atoms with Crippen LogP contribution in [0, 0.1) is 5.89 Å². The van der Waals surface area contributed by atoms with Gasteiger partial charge < -0.3 is 19.5 Å². The molecule has 5 rings (SSSR count). The van der Waals surface area contributed by atoms with Gasteiger partial charge in [0.05, 0.1) is 15.3 Å². The van der Waals surface area contributed by atoms with Gasteiger partial charge in [0.1, 0.15) is 12.2 Å². The second-order valence-corrected chi connectivity index (χ2v) is 6.25. The molecule has 22 heavy (non-hydrogen) atoms. The van der Waals surface area contributed by atoms with Crippen molar-refractivity contribution in [1.29, 1.82) is 0 Å². The molecule has 5 atom stereocenters. The quantitative estimate of drug-likeness (QED) is 0.799. The fourth-order valence-electron chi connectivity index (χ4n) is 4.37. The molecule has 2 aliphatic carbocycles. The SMILES string of the molecule is [2H]c1c([2H])c(OC([2H])([2H])[2H])c2c3c1C[C@@]1([2H])N(C)CC[C@@]34C([2H])(O2)C(O)C=C[C@@]14[2H]. The minimum absolute atomic E-state index is 0.0737. The molecular formula is C18H21NO3. The maximum atomic E-state index is 10.8. The monoisotopic (exact) mass is 307 g/mol. The summed E-state index contributed by atoms with van der Waals surface area (Å²) in [6.07, 6.45) is -0.742. The van der Waals surface area contributed by atoms with Crippen LogP contribution >= 0.6 is 0 Å². The highest BCUT2D eigenvalue weighted by Crippen LogP contribution is 2.62. The number of hydrogen-bond acceptors (Lipinski definition) is 4. The Kier molecular flexibility index (Phi) is 1.36. The van der Waals surface area contributed by atoms with E-state index < -0.39 is 48.3 Å². The number of ether oxygens (including phenoxy) is 2. The summed E-state index contributed by atoms with van der Waals surface area (Å²) in [6.45, 7) is 0.346. The Morgan fingerprint density at radius 2 is 2.45 bits per heavy atom. The predicted molar refractivity (Wildman–Crippen MR) is 82.5 cm³/mol. The van der Waals surface area contributed by atoms with Crippen molar-refractivity contribution in [1.82, 2.24) is 4.90 Å². The lowest BCUT2D eigenvalue weighted by Crippen LogP contribution is -2.64. The van der Waals surface area contributed by atoms with E-state index in [0.29, 0.717) is 6.54 Å². The van der Waals surface area contributed by atoms with Gasteiger partial charge in [-0.1, -0.05) is 18.2 Å². The summed E-state index contributed by atoms with van der Waals surface area (Å²) in [5.74, 6) is -2.37. The van der Waals surface area contributed by atoms with E-state index in [4.69, 9.17) is 17.7 Å². The van der Waals surface area contributed by atoms with E-state index in [1.165, 1.54) is 12.2 Å². The number of likely N-dealkylation sites (tertiary alicyclic amines) is 1. The van der Waals surface area contributed by atoms with Gasteiger partial charge in [0.25, 0.3) is 0 Å². The fourth-order valence-corrected chi connectivity index (χ4v) is 4.37. The molecule has 2 heterocycles. The van der Waals surface area contributed by atoms with Crippen LogP contribution in [0.1, 0.15) is 28.5 Å². The molecule has 1 fully saturated rings. The summed E-state index contributed by atoms with van der Waals surface area (Å²) < 4.78 is 78.0. The molecule has 1 N–H and O–H groups in total. The third-order valence-electron chi connectivity index (χ3n) is 5.34. The molecule has 4 aliphatic rings. The Morgan fingerprint density at radius 1 is 1.55 bits per heavy atom. The number of hydrogen-bond donors (Lipinski definition) is 1. The normalized spacial score (nSPS) is 56.9. The van der Waals surface area contributed by atoms with Gasteiger partial charge in [-0.2, -0.15) is 0 Å². The van der Waals surface area contributed by atoms with Crippen LogP contribution in [0.2, 0.25) is 0 Å². The zero-order chi connectivity index (χ0) is 22.1. The molecule has 1 aromatic carbocycles. The average molecular weight is 307 g/mol. The van der Waals surface area contributed by atoms with E-state index in [9.17, 15) is 7.85 Å². The van der Waals surface area contributed by atoms with Crippen molar-refractivity contribution in [2.75, 3.05) is 20.6 Å². The fraction of sp³-hybridized carbons (Fsp3) is 0.556. The number of aliphatic hydroxyl groups excluding tert-OH is 1. The summed E-state index contributed by atoms with van der Waals surface area (Å²) in [6, 6.07) is -2.39. The summed E-state index contributed by atoms with van der Waals surface area (Å²) >= 11 is 0. The molecule has 0 saturated carbocycles. The Hall–Kier alpha value is -1.52. The van der Waals surface area contributed by atoms with Crippen LogP contribution in [-0.2, 0) is 11.8 Å². The summed E-state index contributed by atoms with van der Waals surface area (Å²) in [7, 11) is -1.22. The molecule has 1 aromatic rings. The molecule has 4 nitrogen and oxygen atoms in total. The minimum atomic E-state index is -2.92. The number of piperidine rings is 1. The molecule has 2 bridgehead atoms. The van der Waals surface area contributed by atoms with Crippen LogP contribution in [0.3, 0.4) is 0 Å². The second-order valence-electron chi connectivity index (χ2n) is 6.25. The lowest BCUT2D eigenvalue weighted by molar-refractivity contribution is -0.0453. The maximum Gasteiger partial charge on any atom is 0.165 e. The zero-order valence-electron chi connectivity index (χ0n) is 20.1. The Bertz CT molecular complexity index is 1010. The number of likely N-dealkylation sites (N-methyl/N-ethyl adjacent to an activating group) is 1. The summed E-state index contributed by atoms with van der Waals surface area (Å²) in [5, 5.41) is 10.8. The van der Waals surface area contributed by atoms with Crippen molar-refractivity contribution < 1.29 is 25.5 Å². The molecule has 0 radical (unpaired) electrons. The first-order chi connectivity index (χ1) is 13.7. The molecule has 1 saturated heterocycles. The number of rotatable bonds is 1. The van der Waals surface area contributed by atoms with E-state index >= 15 is 0 Å². The van der Waals surface area contributed by atoms with Crippen LogP contribution in [0.4, 0.5) is 0 Å². The van der Waals surface area contributed by atoms with E-state index in [1.54, 1.807) is 11.9 Å². The molecule has 116 valence electrons. The standard InChI is InChI=1S/C18H21NO3/c1-19-8-7-18-11-4-5-13(20)17(18)22-16-14(21-2)6-3-10(15(16)18)9-12(11)19/h3-6,11-13,17,20H,7-9H2,1-2H3/t11-,12+,13?,17?,18-/m0/s1/i2D3,3D,6D,11D,12D,17D. The lowest BCUT2D eigenvalue weighted by atomic mass is 9.53. The van der Waals surface area contributed by atoms with Crippen LogP contribution in [0.25, 0.3) is 0 Å². The number of benzene rings is 1. The molecule has 0 aromatic heterocycles. The Morgan fingerprint density at radius 3 is 3.32 bits per heavy atom. The smallest absolute Gasteiger partial charge is 0.165 e. The molecule has 2 unspecified atom stereocenters. The molecule has 2 aliphatic heterocycles. The first kappa shape index (κ1) is 7.37. The Labute approximate surface area is 141 Å². The van der Waals surface area contributed by atoms with Crippen molar-refractivity contribution in [3.8, 4) is 11.5 Å². The van der Waals surface area contributed by atoms with E-state index in [0.717, 1.165) is 0 Å². The van der Waals surface area contributed by atoms with Gasteiger partial charge >= 0.3 is 0 Å². The van der Waals surface area contributed by atoms with E-state index in [2.05, 4.69) is 0 Å². The second kappa shape index (κ2) is 4.06. The van der Waals surface area contributed by atoms with Gasteiger partial charge in [-0.3, -0.25) is 0 Å². The molecule has 4 heteroatoms.